The summed E-state index contributed by atoms with van der Waals surface area (Å²) < 4.78 is 12.3. The highest BCUT2D eigenvalue weighted by Gasteiger charge is 2.23. The van der Waals surface area contributed by atoms with E-state index in [1.165, 1.54) is 0 Å². The third-order valence-electron chi connectivity index (χ3n) is 2.70. The number of hydrogen-bond acceptors (Lipinski definition) is 4. The van der Waals surface area contributed by atoms with Gasteiger partial charge in [-0.25, -0.2) is 9.97 Å². The minimum Gasteiger partial charge on any atom is -0.316 e. The van der Waals surface area contributed by atoms with Crippen LogP contribution in [-0.2, 0) is 10.8 Å². The standard InChI is InChI=1S/C11H17N3OS/c1-8-6-9(2)14-11(13-8)16(15)10-4-3-5-12-7-10/h6,10,12H,3-5,7H2,1-2H3/t10-,16+/m0/s1. The van der Waals surface area contributed by atoms with E-state index in [0.29, 0.717) is 5.16 Å². The van der Waals surface area contributed by atoms with E-state index < -0.39 is 10.8 Å². The van der Waals surface area contributed by atoms with Gasteiger partial charge in [-0.3, -0.25) is 4.21 Å². The summed E-state index contributed by atoms with van der Waals surface area (Å²) in [5, 5.41) is 3.92. The molecule has 1 fully saturated rings. The van der Waals surface area contributed by atoms with Crippen molar-refractivity contribution in [3.63, 3.8) is 0 Å². The van der Waals surface area contributed by atoms with Crippen molar-refractivity contribution in [1.82, 2.24) is 15.3 Å². The number of hydrogen-bond donors (Lipinski definition) is 1. The molecule has 2 rings (SSSR count). The monoisotopic (exact) mass is 239 g/mol. The Morgan fingerprint density at radius 3 is 2.62 bits per heavy atom. The fraction of sp³-hybridized carbons (Fsp3) is 0.636. The lowest BCUT2D eigenvalue weighted by Crippen LogP contribution is -2.36. The van der Waals surface area contributed by atoms with E-state index in [1.807, 2.05) is 19.9 Å². The predicted octanol–water partition coefficient (Wildman–Crippen LogP) is 0.953. The summed E-state index contributed by atoms with van der Waals surface area (Å²) in [7, 11) is -1.08. The molecule has 0 unspecified atom stereocenters. The summed E-state index contributed by atoms with van der Waals surface area (Å²) >= 11 is 0. The molecule has 1 saturated heterocycles. The first kappa shape index (κ1) is 11.7. The van der Waals surface area contributed by atoms with E-state index >= 15 is 0 Å². The Hall–Kier alpha value is -0.810. The van der Waals surface area contributed by atoms with Crippen molar-refractivity contribution in [2.45, 2.75) is 37.1 Å². The van der Waals surface area contributed by atoms with Gasteiger partial charge in [0.1, 0.15) is 0 Å². The Balaban J connectivity index is 2.19. The molecular formula is C11H17N3OS. The minimum atomic E-state index is -1.08. The van der Waals surface area contributed by atoms with Crippen LogP contribution in [0.25, 0.3) is 0 Å². The summed E-state index contributed by atoms with van der Waals surface area (Å²) in [5.41, 5.74) is 1.78. The minimum absolute atomic E-state index is 0.162. The molecule has 16 heavy (non-hydrogen) atoms. The fourth-order valence-corrected chi connectivity index (χ4v) is 3.35. The molecule has 88 valence electrons. The van der Waals surface area contributed by atoms with E-state index in [9.17, 15) is 4.21 Å². The zero-order valence-electron chi connectivity index (χ0n) is 9.69. The maximum Gasteiger partial charge on any atom is 0.219 e. The van der Waals surface area contributed by atoms with Gasteiger partial charge in [0.15, 0.2) is 0 Å². The van der Waals surface area contributed by atoms with Gasteiger partial charge in [-0.05, 0) is 39.3 Å². The SMILES string of the molecule is Cc1cc(C)nc([S@](=O)[C@H]2CCCNC2)n1. The molecule has 2 atom stereocenters. The van der Waals surface area contributed by atoms with Gasteiger partial charge in [-0.15, -0.1) is 0 Å². The molecule has 5 heteroatoms. The average Bonchev–Trinajstić information content (AvgIpc) is 2.28. The zero-order valence-corrected chi connectivity index (χ0v) is 10.5. The molecule has 1 N–H and O–H groups in total. The molecule has 0 spiro atoms. The third-order valence-corrected chi connectivity index (χ3v) is 4.25. The van der Waals surface area contributed by atoms with Crippen LogP contribution in [0.2, 0.25) is 0 Å². The highest BCUT2D eigenvalue weighted by Crippen LogP contribution is 2.14. The van der Waals surface area contributed by atoms with Crippen molar-refractivity contribution < 1.29 is 4.21 Å². The van der Waals surface area contributed by atoms with E-state index in [2.05, 4.69) is 15.3 Å². The van der Waals surface area contributed by atoms with Crippen molar-refractivity contribution in [2.75, 3.05) is 13.1 Å². The van der Waals surface area contributed by atoms with Crippen molar-refractivity contribution in [2.24, 2.45) is 0 Å². The lowest BCUT2D eigenvalue weighted by atomic mass is 10.2. The maximum atomic E-state index is 12.3. The number of rotatable bonds is 2. The van der Waals surface area contributed by atoms with Crippen LogP contribution in [0.15, 0.2) is 11.2 Å². The van der Waals surface area contributed by atoms with Gasteiger partial charge in [0.25, 0.3) is 0 Å². The topological polar surface area (TPSA) is 54.9 Å². The fourth-order valence-electron chi connectivity index (χ4n) is 1.94. The Morgan fingerprint density at radius 1 is 1.38 bits per heavy atom. The van der Waals surface area contributed by atoms with Crippen molar-refractivity contribution >= 4 is 10.8 Å². The Kier molecular flexibility index (Phi) is 3.66. The summed E-state index contributed by atoms with van der Waals surface area (Å²) in [6.45, 7) is 5.66. The number of nitrogens with one attached hydrogen (secondary N) is 1. The van der Waals surface area contributed by atoms with Crippen LogP contribution in [0.4, 0.5) is 0 Å². The van der Waals surface area contributed by atoms with Gasteiger partial charge < -0.3 is 5.32 Å². The molecule has 0 bridgehead atoms. The zero-order chi connectivity index (χ0) is 11.5. The average molecular weight is 239 g/mol. The molecule has 4 nitrogen and oxygen atoms in total. The Bertz CT molecular complexity index is 382. The summed E-state index contributed by atoms with van der Waals surface area (Å²) in [4.78, 5) is 8.54. The van der Waals surface area contributed by atoms with Crippen LogP contribution < -0.4 is 5.32 Å². The molecule has 0 aromatic carbocycles. The van der Waals surface area contributed by atoms with Crippen LogP contribution in [0.3, 0.4) is 0 Å². The highest BCUT2D eigenvalue weighted by molar-refractivity contribution is 7.85. The molecule has 1 aliphatic rings. The van der Waals surface area contributed by atoms with Gasteiger partial charge in [0, 0.05) is 17.9 Å². The summed E-state index contributed by atoms with van der Waals surface area (Å²) in [6.07, 6.45) is 2.08. The smallest absolute Gasteiger partial charge is 0.219 e. The molecular weight excluding hydrogens is 222 g/mol. The maximum absolute atomic E-state index is 12.3. The van der Waals surface area contributed by atoms with E-state index in [-0.39, 0.29) is 5.25 Å². The van der Waals surface area contributed by atoms with Gasteiger partial charge in [0.2, 0.25) is 5.16 Å². The molecule has 0 amide bonds. The Morgan fingerprint density at radius 2 is 2.06 bits per heavy atom. The molecule has 0 radical (unpaired) electrons. The number of aromatic nitrogens is 2. The van der Waals surface area contributed by atoms with Crippen LogP contribution in [-0.4, -0.2) is 32.5 Å². The second kappa shape index (κ2) is 5.01. The summed E-state index contributed by atoms with van der Waals surface area (Å²) in [6, 6.07) is 1.90. The largest absolute Gasteiger partial charge is 0.316 e. The van der Waals surface area contributed by atoms with E-state index in [1.54, 1.807) is 0 Å². The molecule has 1 aromatic heterocycles. The highest BCUT2D eigenvalue weighted by atomic mass is 32.2. The predicted molar refractivity (Wildman–Crippen MR) is 63.8 cm³/mol. The van der Waals surface area contributed by atoms with Crippen molar-refractivity contribution in [3.05, 3.63) is 17.5 Å². The van der Waals surface area contributed by atoms with Gasteiger partial charge >= 0.3 is 0 Å². The summed E-state index contributed by atoms with van der Waals surface area (Å²) in [5.74, 6) is 0. The van der Waals surface area contributed by atoms with Crippen molar-refractivity contribution in [3.8, 4) is 0 Å². The normalized spacial score (nSPS) is 23.0. The Labute approximate surface area is 98.3 Å². The van der Waals surface area contributed by atoms with Gasteiger partial charge in [0.05, 0.1) is 16.0 Å². The van der Waals surface area contributed by atoms with Gasteiger partial charge in [-0.2, -0.15) is 0 Å². The lowest BCUT2D eigenvalue weighted by molar-refractivity contribution is 0.517. The van der Waals surface area contributed by atoms with Crippen molar-refractivity contribution in [1.29, 1.82) is 0 Å². The first-order chi connectivity index (χ1) is 7.66. The number of aryl methyl sites for hydroxylation is 2. The lowest BCUT2D eigenvalue weighted by Gasteiger charge is -2.21. The second-order valence-electron chi connectivity index (χ2n) is 4.20. The first-order valence-electron chi connectivity index (χ1n) is 5.60. The number of piperidine rings is 1. The quantitative estimate of drug-likeness (QED) is 0.781. The van der Waals surface area contributed by atoms with E-state index in [0.717, 1.165) is 37.3 Å². The first-order valence-corrected chi connectivity index (χ1v) is 6.81. The molecule has 0 aliphatic carbocycles. The third kappa shape index (κ3) is 2.65. The molecule has 0 saturated carbocycles. The van der Waals surface area contributed by atoms with Crippen LogP contribution in [0.5, 0.6) is 0 Å². The molecule has 1 aromatic rings. The van der Waals surface area contributed by atoms with Crippen LogP contribution in [0.1, 0.15) is 24.2 Å². The van der Waals surface area contributed by atoms with Gasteiger partial charge in [-0.1, -0.05) is 0 Å². The van der Waals surface area contributed by atoms with Crippen LogP contribution in [0, 0.1) is 13.8 Å². The van der Waals surface area contributed by atoms with E-state index in [4.69, 9.17) is 0 Å². The molecule has 1 aliphatic heterocycles. The molecule has 2 heterocycles. The van der Waals surface area contributed by atoms with Crippen LogP contribution >= 0.6 is 0 Å². The number of nitrogens with zero attached hydrogens (tertiary/aromatic N) is 2. The second-order valence-corrected chi connectivity index (χ2v) is 5.83.